The molecular formula is C22H27FN4O2. The number of piperidine rings is 1. The summed E-state index contributed by atoms with van der Waals surface area (Å²) in [5, 5.41) is 10.2. The Morgan fingerprint density at radius 1 is 1.34 bits per heavy atom. The molecule has 29 heavy (non-hydrogen) atoms. The van der Waals surface area contributed by atoms with E-state index >= 15 is 0 Å². The average molecular weight is 398 g/mol. The zero-order valence-electron chi connectivity index (χ0n) is 17.6. The van der Waals surface area contributed by atoms with E-state index in [1.54, 1.807) is 18.1 Å². The number of rotatable bonds is 2. The Balaban J connectivity index is 1.83. The first-order valence-corrected chi connectivity index (χ1v) is 9.80. The molecule has 2 heterocycles. The first-order chi connectivity index (χ1) is 13.6. The lowest BCUT2D eigenvalue weighted by molar-refractivity contribution is 0.0201. The highest BCUT2D eigenvalue weighted by Crippen LogP contribution is 2.34. The van der Waals surface area contributed by atoms with Gasteiger partial charge in [-0.3, -0.25) is 4.98 Å². The SMILES string of the molecule is Cc1cc(F)cc2c(N3CCC(N(C)C(=O)OC(C)(C)C)CC3)c(C#N)cnc12. The summed E-state index contributed by atoms with van der Waals surface area (Å²) in [4.78, 5) is 20.5. The van der Waals surface area contributed by atoms with Gasteiger partial charge in [0.15, 0.2) is 0 Å². The van der Waals surface area contributed by atoms with Crippen LogP contribution in [-0.2, 0) is 4.74 Å². The van der Waals surface area contributed by atoms with Gasteiger partial charge in [0.25, 0.3) is 0 Å². The molecule has 0 atom stereocenters. The van der Waals surface area contributed by atoms with Crippen LogP contribution in [-0.4, -0.2) is 47.8 Å². The Hall–Kier alpha value is -2.88. The first kappa shape index (κ1) is 20.8. The number of amides is 1. The molecule has 1 amide bonds. The van der Waals surface area contributed by atoms with Crippen molar-refractivity contribution in [2.24, 2.45) is 0 Å². The first-order valence-electron chi connectivity index (χ1n) is 9.80. The number of carbonyl (C=O) groups is 1. The van der Waals surface area contributed by atoms with Gasteiger partial charge in [-0.1, -0.05) is 0 Å². The summed E-state index contributed by atoms with van der Waals surface area (Å²) in [6, 6.07) is 5.15. The van der Waals surface area contributed by atoms with E-state index in [0.29, 0.717) is 29.6 Å². The molecule has 0 bridgehead atoms. The maximum atomic E-state index is 14.1. The monoisotopic (exact) mass is 398 g/mol. The van der Waals surface area contributed by atoms with Crippen LogP contribution in [0.5, 0.6) is 0 Å². The minimum atomic E-state index is -0.536. The molecule has 1 fully saturated rings. The molecule has 0 N–H and O–H groups in total. The van der Waals surface area contributed by atoms with E-state index in [-0.39, 0.29) is 18.0 Å². The van der Waals surface area contributed by atoms with Gasteiger partial charge in [0.05, 0.1) is 16.8 Å². The van der Waals surface area contributed by atoms with Crippen molar-refractivity contribution in [3.8, 4) is 6.07 Å². The maximum absolute atomic E-state index is 14.1. The molecule has 0 spiro atoms. The van der Waals surface area contributed by atoms with E-state index in [2.05, 4.69) is 16.0 Å². The van der Waals surface area contributed by atoms with Crippen molar-refractivity contribution in [2.45, 2.75) is 52.2 Å². The van der Waals surface area contributed by atoms with Gasteiger partial charge in [0.1, 0.15) is 17.5 Å². The van der Waals surface area contributed by atoms with Crippen LogP contribution in [0.1, 0.15) is 44.7 Å². The van der Waals surface area contributed by atoms with Crippen molar-refractivity contribution in [2.75, 3.05) is 25.0 Å². The highest BCUT2D eigenvalue weighted by molar-refractivity contribution is 5.96. The van der Waals surface area contributed by atoms with Crippen molar-refractivity contribution in [3.05, 3.63) is 35.3 Å². The molecule has 2 aromatic rings. The molecule has 6 nitrogen and oxygen atoms in total. The van der Waals surface area contributed by atoms with Crippen LogP contribution in [0.3, 0.4) is 0 Å². The number of carbonyl (C=O) groups excluding carboxylic acids is 1. The normalized spacial score (nSPS) is 15.3. The number of nitrogens with zero attached hydrogens (tertiary/aromatic N) is 4. The van der Waals surface area contributed by atoms with E-state index in [0.717, 1.165) is 24.1 Å². The fourth-order valence-corrected chi connectivity index (χ4v) is 3.80. The van der Waals surface area contributed by atoms with Crippen molar-refractivity contribution < 1.29 is 13.9 Å². The Kier molecular flexibility index (Phi) is 5.65. The third-order valence-electron chi connectivity index (χ3n) is 5.23. The Bertz CT molecular complexity index is 969. The number of aryl methyl sites for hydroxylation is 1. The van der Waals surface area contributed by atoms with Gasteiger partial charge in [-0.15, -0.1) is 0 Å². The topological polar surface area (TPSA) is 69.5 Å². The third kappa shape index (κ3) is 4.42. The summed E-state index contributed by atoms with van der Waals surface area (Å²) in [5.41, 5.74) is 2.06. The molecule has 0 unspecified atom stereocenters. The number of nitriles is 1. The number of ether oxygens (including phenoxy) is 1. The smallest absolute Gasteiger partial charge is 0.410 e. The zero-order chi connectivity index (χ0) is 21.3. The minimum Gasteiger partial charge on any atom is -0.444 e. The molecule has 1 aromatic heterocycles. The van der Waals surface area contributed by atoms with Crippen molar-refractivity contribution in [1.29, 1.82) is 5.26 Å². The third-order valence-corrected chi connectivity index (χ3v) is 5.23. The molecule has 0 saturated carbocycles. The van der Waals surface area contributed by atoms with Crippen LogP contribution < -0.4 is 4.90 Å². The predicted molar refractivity (Wildman–Crippen MR) is 110 cm³/mol. The second-order valence-corrected chi connectivity index (χ2v) is 8.56. The number of pyridine rings is 1. The average Bonchev–Trinajstić information content (AvgIpc) is 2.65. The predicted octanol–water partition coefficient (Wildman–Crippen LogP) is 4.39. The summed E-state index contributed by atoms with van der Waals surface area (Å²) < 4.78 is 19.6. The molecule has 0 aliphatic carbocycles. The number of benzene rings is 1. The molecule has 1 aliphatic rings. The zero-order valence-corrected chi connectivity index (χ0v) is 17.6. The van der Waals surface area contributed by atoms with Crippen LogP contribution in [0.25, 0.3) is 10.9 Å². The van der Waals surface area contributed by atoms with Gasteiger partial charge in [-0.05, 0) is 58.2 Å². The van der Waals surface area contributed by atoms with E-state index in [9.17, 15) is 14.4 Å². The lowest BCUT2D eigenvalue weighted by Crippen LogP contribution is -2.47. The second kappa shape index (κ2) is 7.86. The highest BCUT2D eigenvalue weighted by Gasteiger charge is 2.30. The Labute approximate surface area is 170 Å². The summed E-state index contributed by atoms with van der Waals surface area (Å²) >= 11 is 0. The maximum Gasteiger partial charge on any atom is 0.410 e. The molecule has 1 aliphatic heterocycles. The van der Waals surface area contributed by atoms with E-state index in [1.807, 2.05) is 27.7 Å². The molecule has 3 rings (SSSR count). The molecule has 0 radical (unpaired) electrons. The highest BCUT2D eigenvalue weighted by atomic mass is 19.1. The molecular weight excluding hydrogens is 371 g/mol. The van der Waals surface area contributed by atoms with Crippen LogP contribution in [0.15, 0.2) is 18.3 Å². The van der Waals surface area contributed by atoms with Crippen LogP contribution in [0.2, 0.25) is 0 Å². The largest absolute Gasteiger partial charge is 0.444 e. The summed E-state index contributed by atoms with van der Waals surface area (Å²) in [6.45, 7) is 8.67. The van der Waals surface area contributed by atoms with Crippen LogP contribution in [0.4, 0.5) is 14.9 Å². The lowest BCUT2D eigenvalue weighted by Gasteiger charge is -2.38. The number of aromatic nitrogens is 1. The standard InChI is InChI=1S/C22H27FN4O2/c1-14-10-16(23)11-18-19(14)25-13-15(12-24)20(18)27-8-6-17(7-9-27)26(5)21(28)29-22(2,3)4/h10-11,13,17H,6-9H2,1-5H3. The summed E-state index contributed by atoms with van der Waals surface area (Å²) in [5.74, 6) is -0.340. The van der Waals surface area contributed by atoms with E-state index in [4.69, 9.17) is 4.74 Å². The number of hydrogen-bond donors (Lipinski definition) is 0. The van der Waals surface area contributed by atoms with Crippen molar-refractivity contribution in [3.63, 3.8) is 0 Å². The molecule has 154 valence electrons. The minimum absolute atomic E-state index is 0.0539. The summed E-state index contributed by atoms with van der Waals surface area (Å²) in [7, 11) is 1.76. The summed E-state index contributed by atoms with van der Waals surface area (Å²) in [6.07, 6.45) is 2.69. The number of anilines is 1. The van der Waals surface area contributed by atoms with Crippen molar-refractivity contribution >= 4 is 22.7 Å². The fourth-order valence-electron chi connectivity index (χ4n) is 3.80. The quantitative estimate of drug-likeness (QED) is 0.750. The van der Waals surface area contributed by atoms with Gasteiger partial charge in [-0.2, -0.15) is 5.26 Å². The molecule has 1 saturated heterocycles. The van der Waals surface area contributed by atoms with Gasteiger partial charge in [0.2, 0.25) is 0 Å². The number of fused-ring (bicyclic) bond motifs is 1. The van der Waals surface area contributed by atoms with Gasteiger partial charge in [-0.25, -0.2) is 9.18 Å². The van der Waals surface area contributed by atoms with Crippen LogP contribution >= 0.6 is 0 Å². The molecule has 7 heteroatoms. The van der Waals surface area contributed by atoms with E-state index < -0.39 is 5.60 Å². The lowest BCUT2D eigenvalue weighted by atomic mass is 10.00. The van der Waals surface area contributed by atoms with Crippen LogP contribution in [0, 0.1) is 24.1 Å². The number of halogens is 1. The molecule has 1 aromatic carbocycles. The van der Waals surface area contributed by atoms with Gasteiger partial charge < -0.3 is 14.5 Å². The number of hydrogen-bond acceptors (Lipinski definition) is 5. The fraction of sp³-hybridized carbons (Fsp3) is 0.500. The van der Waals surface area contributed by atoms with Gasteiger partial charge >= 0.3 is 6.09 Å². The Morgan fingerprint density at radius 2 is 2.00 bits per heavy atom. The van der Waals surface area contributed by atoms with E-state index in [1.165, 1.54) is 12.1 Å². The van der Waals surface area contributed by atoms with Crippen molar-refractivity contribution in [1.82, 2.24) is 9.88 Å². The Morgan fingerprint density at radius 3 is 2.59 bits per heavy atom. The second-order valence-electron chi connectivity index (χ2n) is 8.56. The van der Waals surface area contributed by atoms with Gasteiger partial charge in [0, 0.05) is 37.8 Å².